The van der Waals surface area contributed by atoms with E-state index >= 15 is 0 Å². The summed E-state index contributed by atoms with van der Waals surface area (Å²) >= 11 is 0. The van der Waals surface area contributed by atoms with Crippen molar-refractivity contribution in [3.63, 3.8) is 0 Å². The summed E-state index contributed by atoms with van der Waals surface area (Å²) in [5.74, 6) is 0. The third-order valence-electron chi connectivity index (χ3n) is 2.25. The van der Waals surface area contributed by atoms with Gasteiger partial charge in [0.25, 0.3) is 10.2 Å². The molecule has 0 atom stereocenters. The molecule has 0 bridgehead atoms. The standard InChI is InChI=1S/C9H15N3O2S/c1-6-4-5-8(7(2)9(6)10)12-15(13,14)11-3/h4-5,11-12H,10H2,1-3H3. The lowest BCUT2D eigenvalue weighted by atomic mass is 10.1. The van der Waals surface area contributed by atoms with Crippen molar-refractivity contribution < 1.29 is 8.42 Å². The monoisotopic (exact) mass is 229 g/mol. The minimum atomic E-state index is -3.48. The first kappa shape index (κ1) is 11.8. The number of hydrogen-bond acceptors (Lipinski definition) is 3. The van der Waals surface area contributed by atoms with Gasteiger partial charge in [0.1, 0.15) is 0 Å². The second-order valence-electron chi connectivity index (χ2n) is 3.28. The van der Waals surface area contributed by atoms with Gasteiger partial charge in [-0.15, -0.1) is 0 Å². The van der Waals surface area contributed by atoms with Crippen LogP contribution >= 0.6 is 0 Å². The second-order valence-corrected chi connectivity index (χ2v) is 4.90. The van der Waals surface area contributed by atoms with Crippen LogP contribution < -0.4 is 15.2 Å². The molecule has 1 aromatic rings. The summed E-state index contributed by atoms with van der Waals surface area (Å²) in [6.07, 6.45) is 0. The van der Waals surface area contributed by atoms with Crippen molar-refractivity contribution in [2.45, 2.75) is 13.8 Å². The van der Waals surface area contributed by atoms with Crippen LogP contribution in [0.15, 0.2) is 12.1 Å². The molecule has 0 spiro atoms. The maximum atomic E-state index is 11.3. The lowest BCUT2D eigenvalue weighted by Gasteiger charge is -2.12. The van der Waals surface area contributed by atoms with Gasteiger partial charge in [0.15, 0.2) is 0 Å². The number of nitrogens with one attached hydrogen (secondary N) is 2. The number of hydrogen-bond donors (Lipinski definition) is 3. The molecule has 0 radical (unpaired) electrons. The summed E-state index contributed by atoms with van der Waals surface area (Å²) in [5, 5.41) is 0. The Labute approximate surface area is 89.9 Å². The van der Waals surface area contributed by atoms with E-state index in [1.807, 2.05) is 6.92 Å². The number of aryl methyl sites for hydroxylation is 1. The SMILES string of the molecule is CNS(=O)(=O)Nc1ccc(C)c(N)c1C. The van der Waals surface area contributed by atoms with Crippen LogP contribution in [0, 0.1) is 13.8 Å². The highest BCUT2D eigenvalue weighted by molar-refractivity contribution is 7.90. The van der Waals surface area contributed by atoms with Gasteiger partial charge in [-0.05, 0) is 31.0 Å². The zero-order valence-electron chi connectivity index (χ0n) is 8.96. The van der Waals surface area contributed by atoms with Gasteiger partial charge in [-0.3, -0.25) is 4.72 Å². The number of nitrogen functional groups attached to an aromatic ring is 1. The van der Waals surface area contributed by atoms with E-state index in [1.54, 1.807) is 19.1 Å². The van der Waals surface area contributed by atoms with Crippen molar-refractivity contribution in [3.05, 3.63) is 23.3 Å². The Kier molecular flexibility index (Phi) is 3.21. The van der Waals surface area contributed by atoms with Crippen LogP contribution in [0.5, 0.6) is 0 Å². The van der Waals surface area contributed by atoms with E-state index in [9.17, 15) is 8.42 Å². The Morgan fingerprint density at radius 3 is 2.40 bits per heavy atom. The molecule has 0 fully saturated rings. The molecule has 0 aliphatic rings. The van der Waals surface area contributed by atoms with Crippen molar-refractivity contribution in [1.82, 2.24) is 4.72 Å². The van der Waals surface area contributed by atoms with E-state index in [-0.39, 0.29) is 0 Å². The third kappa shape index (κ3) is 2.60. The zero-order chi connectivity index (χ0) is 11.6. The summed E-state index contributed by atoms with van der Waals surface area (Å²) in [6.45, 7) is 3.65. The first-order valence-electron chi connectivity index (χ1n) is 4.44. The van der Waals surface area contributed by atoms with E-state index in [0.717, 1.165) is 11.1 Å². The zero-order valence-corrected chi connectivity index (χ0v) is 9.77. The fraction of sp³-hybridized carbons (Fsp3) is 0.333. The molecule has 0 unspecified atom stereocenters. The van der Waals surface area contributed by atoms with Crippen LogP contribution in [0.4, 0.5) is 11.4 Å². The van der Waals surface area contributed by atoms with Gasteiger partial charge in [-0.2, -0.15) is 8.42 Å². The quantitative estimate of drug-likeness (QED) is 0.669. The van der Waals surface area contributed by atoms with Gasteiger partial charge >= 0.3 is 0 Å². The average Bonchev–Trinajstić information content (AvgIpc) is 2.19. The number of anilines is 2. The van der Waals surface area contributed by atoms with Gasteiger partial charge in [-0.1, -0.05) is 6.07 Å². The highest BCUT2D eigenvalue weighted by Gasteiger charge is 2.10. The van der Waals surface area contributed by atoms with Crippen molar-refractivity contribution in [2.75, 3.05) is 17.5 Å². The summed E-state index contributed by atoms with van der Waals surface area (Å²) in [4.78, 5) is 0. The van der Waals surface area contributed by atoms with E-state index in [4.69, 9.17) is 5.73 Å². The smallest absolute Gasteiger partial charge is 0.298 e. The van der Waals surface area contributed by atoms with Crippen LogP contribution in [-0.4, -0.2) is 15.5 Å². The molecule has 0 aliphatic carbocycles. The molecular weight excluding hydrogens is 214 g/mol. The number of nitrogens with two attached hydrogens (primary N) is 1. The molecule has 1 rings (SSSR count). The van der Waals surface area contributed by atoms with Gasteiger partial charge < -0.3 is 5.73 Å². The minimum absolute atomic E-state index is 0.493. The van der Waals surface area contributed by atoms with Crippen LogP contribution in [-0.2, 0) is 10.2 Å². The Morgan fingerprint density at radius 1 is 1.27 bits per heavy atom. The van der Waals surface area contributed by atoms with Crippen LogP contribution in [0.1, 0.15) is 11.1 Å². The Hall–Kier alpha value is -1.27. The lowest BCUT2D eigenvalue weighted by molar-refractivity contribution is 0.593. The molecule has 4 N–H and O–H groups in total. The first-order chi connectivity index (χ1) is 6.87. The molecule has 0 saturated heterocycles. The topological polar surface area (TPSA) is 84.2 Å². The fourth-order valence-corrected chi connectivity index (χ4v) is 1.78. The predicted octanol–water partition coefficient (Wildman–Crippen LogP) is 0.762. The summed E-state index contributed by atoms with van der Waals surface area (Å²) < 4.78 is 27.1. The molecule has 84 valence electrons. The van der Waals surface area contributed by atoms with Gasteiger partial charge in [0.2, 0.25) is 0 Å². The Balaban J connectivity index is 3.13. The molecule has 0 saturated carbocycles. The Bertz CT molecular complexity index is 468. The Morgan fingerprint density at radius 2 is 1.87 bits per heavy atom. The van der Waals surface area contributed by atoms with E-state index in [1.165, 1.54) is 7.05 Å². The number of rotatable bonds is 3. The normalized spacial score (nSPS) is 11.4. The van der Waals surface area contributed by atoms with Gasteiger partial charge in [0.05, 0.1) is 5.69 Å². The van der Waals surface area contributed by atoms with E-state index in [2.05, 4.69) is 9.44 Å². The minimum Gasteiger partial charge on any atom is -0.398 e. The third-order valence-corrected chi connectivity index (χ3v) is 3.27. The van der Waals surface area contributed by atoms with Crippen LogP contribution in [0.25, 0.3) is 0 Å². The molecule has 5 nitrogen and oxygen atoms in total. The van der Waals surface area contributed by atoms with E-state index in [0.29, 0.717) is 11.4 Å². The van der Waals surface area contributed by atoms with Gasteiger partial charge in [0, 0.05) is 12.7 Å². The first-order valence-corrected chi connectivity index (χ1v) is 5.92. The van der Waals surface area contributed by atoms with E-state index < -0.39 is 10.2 Å². The molecule has 6 heteroatoms. The molecule has 0 amide bonds. The van der Waals surface area contributed by atoms with Crippen molar-refractivity contribution in [3.8, 4) is 0 Å². The molecule has 1 aromatic carbocycles. The largest absolute Gasteiger partial charge is 0.398 e. The molecule has 15 heavy (non-hydrogen) atoms. The lowest BCUT2D eigenvalue weighted by Crippen LogP contribution is -2.26. The molecule has 0 heterocycles. The van der Waals surface area contributed by atoms with Crippen molar-refractivity contribution in [2.24, 2.45) is 0 Å². The molecular formula is C9H15N3O2S. The summed E-state index contributed by atoms with van der Waals surface area (Å²) in [5.41, 5.74) is 8.54. The highest BCUT2D eigenvalue weighted by atomic mass is 32.2. The summed E-state index contributed by atoms with van der Waals surface area (Å²) in [6, 6.07) is 3.46. The maximum absolute atomic E-state index is 11.3. The molecule has 0 aromatic heterocycles. The average molecular weight is 229 g/mol. The van der Waals surface area contributed by atoms with Crippen LogP contribution in [0.3, 0.4) is 0 Å². The van der Waals surface area contributed by atoms with Crippen molar-refractivity contribution in [1.29, 1.82) is 0 Å². The van der Waals surface area contributed by atoms with Crippen molar-refractivity contribution >= 4 is 21.6 Å². The fourth-order valence-electron chi connectivity index (χ4n) is 1.17. The highest BCUT2D eigenvalue weighted by Crippen LogP contribution is 2.24. The predicted molar refractivity (Wildman–Crippen MR) is 61.9 cm³/mol. The summed E-state index contributed by atoms with van der Waals surface area (Å²) in [7, 11) is -2.14. The maximum Gasteiger partial charge on any atom is 0.298 e. The van der Waals surface area contributed by atoms with Gasteiger partial charge in [-0.25, -0.2) is 4.72 Å². The molecule has 0 aliphatic heterocycles. The second kappa shape index (κ2) is 4.08. The van der Waals surface area contributed by atoms with Crippen LogP contribution in [0.2, 0.25) is 0 Å². The number of benzene rings is 1.